The van der Waals surface area contributed by atoms with Crippen molar-refractivity contribution in [3.8, 4) is 0 Å². The Bertz CT molecular complexity index is 683. The van der Waals surface area contributed by atoms with E-state index in [-0.39, 0.29) is 11.7 Å². The Morgan fingerprint density at radius 1 is 1.22 bits per heavy atom. The summed E-state index contributed by atoms with van der Waals surface area (Å²) in [4.78, 5) is 18.3. The molecule has 0 spiro atoms. The fourth-order valence-corrected chi connectivity index (χ4v) is 2.78. The SMILES string of the molecule is O=C(c1cc(NCCc2ccccc2F)ccn1)N1CCCC1. The summed E-state index contributed by atoms with van der Waals surface area (Å²) in [6.45, 7) is 2.22. The highest BCUT2D eigenvalue weighted by Crippen LogP contribution is 2.15. The van der Waals surface area contributed by atoms with Gasteiger partial charge in [0, 0.05) is 31.5 Å². The molecule has 0 radical (unpaired) electrons. The molecule has 1 amide bonds. The molecular weight excluding hydrogens is 293 g/mol. The van der Waals surface area contributed by atoms with Crippen LogP contribution >= 0.6 is 0 Å². The van der Waals surface area contributed by atoms with Gasteiger partial charge in [0.05, 0.1) is 0 Å². The zero-order valence-electron chi connectivity index (χ0n) is 13.0. The Hall–Kier alpha value is -2.43. The molecule has 1 aliphatic heterocycles. The number of halogens is 1. The van der Waals surface area contributed by atoms with E-state index >= 15 is 0 Å². The van der Waals surface area contributed by atoms with Crippen LogP contribution in [0, 0.1) is 5.82 Å². The maximum Gasteiger partial charge on any atom is 0.272 e. The smallest absolute Gasteiger partial charge is 0.272 e. The van der Waals surface area contributed by atoms with E-state index in [2.05, 4.69) is 10.3 Å². The van der Waals surface area contributed by atoms with Crippen LogP contribution in [0.4, 0.5) is 10.1 Å². The number of rotatable bonds is 5. The summed E-state index contributed by atoms with van der Waals surface area (Å²) in [5.74, 6) is -0.200. The molecule has 0 unspecified atom stereocenters. The Kier molecular flexibility index (Phi) is 4.86. The highest BCUT2D eigenvalue weighted by molar-refractivity contribution is 5.93. The average Bonchev–Trinajstić information content (AvgIpc) is 3.11. The first kappa shape index (κ1) is 15.5. The molecule has 1 fully saturated rings. The van der Waals surface area contributed by atoms with E-state index in [0.717, 1.165) is 31.6 Å². The minimum Gasteiger partial charge on any atom is -0.385 e. The summed E-state index contributed by atoms with van der Waals surface area (Å²) >= 11 is 0. The van der Waals surface area contributed by atoms with Crippen LogP contribution < -0.4 is 5.32 Å². The predicted octanol–water partition coefficient (Wildman–Crippen LogP) is 3.11. The molecule has 2 aromatic rings. The first-order valence-electron chi connectivity index (χ1n) is 7.96. The molecule has 1 aliphatic rings. The maximum absolute atomic E-state index is 13.6. The number of nitrogens with one attached hydrogen (secondary N) is 1. The average molecular weight is 313 g/mol. The van der Waals surface area contributed by atoms with Gasteiger partial charge in [-0.05, 0) is 43.0 Å². The number of hydrogen-bond donors (Lipinski definition) is 1. The summed E-state index contributed by atoms with van der Waals surface area (Å²) in [6.07, 6.45) is 4.35. The molecule has 1 saturated heterocycles. The summed E-state index contributed by atoms with van der Waals surface area (Å²) in [5, 5.41) is 3.23. The fraction of sp³-hybridized carbons (Fsp3) is 0.333. The van der Waals surface area contributed by atoms with E-state index < -0.39 is 0 Å². The third-order valence-electron chi connectivity index (χ3n) is 4.05. The van der Waals surface area contributed by atoms with Crippen LogP contribution in [0.15, 0.2) is 42.6 Å². The molecule has 120 valence electrons. The molecule has 0 aliphatic carbocycles. The summed E-state index contributed by atoms with van der Waals surface area (Å²) in [6, 6.07) is 10.4. The van der Waals surface area contributed by atoms with Gasteiger partial charge in [-0.1, -0.05) is 18.2 Å². The molecule has 5 heteroatoms. The van der Waals surface area contributed by atoms with E-state index in [1.54, 1.807) is 24.4 Å². The second-order valence-electron chi connectivity index (χ2n) is 5.70. The van der Waals surface area contributed by atoms with E-state index in [1.165, 1.54) is 6.07 Å². The van der Waals surface area contributed by atoms with Crippen LogP contribution in [0.1, 0.15) is 28.9 Å². The zero-order valence-corrected chi connectivity index (χ0v) is 13.0. The number of hydrogen-bond acceptors (Lipinski definition) is 3. The molecule has 1 aromatic carbocycles. The van der Waals surface area contributed by atoms with Gasteiger partial charge in [0.1, 0.15) is 11.5 Å². The maximum atomic E-state index is 13.6. The van der Waals surface area contributed by atoms with Crippen molar-refractivity contribution >= 4 is 11.6 Å². The van der Waals surface area contributed by atoms with Crippen molar-refractivity contribution in [2.24, 2.45) is 0 Å². The standard InChI is InChI=1S/C18H20FN3O/c19-16-6-2-1-5-14(16)7-9-20-15-8-10-21-17(13-15)18(23)22-11-3-4-12-22/h1-2,5-6,8,10,13H,3-4,7,9,11-12H2,(H,20,21). The largest absolute Gasteiger partial charge is 0.385 e. The number of carbonyl (C=O) groups is 1. The number of benzene rings is 1. The molecular formula is C18H20FN3O. The lowest BCUT2D eigenvalue weighted by Crippen LogP contribution is -2.28. The number of aromatic nitrogens is 1. The Labute approximate surface area is 135 Å². The lowest BCUT2D eigenvalue weighted by atomic mass is 10.1. The van der Waals surface area contributed by atoms with Gasteiger partial charge in [-0.15, -0.1) is 0 Å². The van der Waals surface area contributed by atoms with Crippen LogP contribution in [-0.4, -0.2) is 35.4 Å². The van der Waals surface area contributed by atoms with Crippen molar-refractivity contribution in [3.63, 3.8) is 0 Å². The van der Waals surface area contributed by atoms with Crippen molar-refractivity contribution in [2.75, 3.05) is 25.0 Å². The van der Waals surface area contributed by atoms with Crippen molar-refractivity contribution < 1.29 is 9.18 Å². The van der Waals surface area contributed by atoms with Crippen LogP contribution in [0.25, 0.3) is 0 Å². The summed E-state index contributed by atoms with van der Waals surface area (Å²) in [7, 11) is 0. The monoisotopic (exact) mass is 313 g/mol. The third kappa shape index (κ3) is 3.86. The van der Waals surface area contributed by atoms with Gasteiger partial charge in [-0.3, -0.25) is 9.78 Å². The fourth-order valence-electron chi connectivity index (χ4n) is 2.78. The van der Waals surface area contributed by atoms with Gasteiger partial charge in [-0.25, -0.2) is 4.39 Å². The Morgan fingerprint density at radius 2 is 2.00 bits per heavy atom. The van der Waals surface area contributed by atoms with Gasteiger partial charge >= 0.3 is 0 Å². The molecule has 1 N–H and O–H groups in total. The number of amides is 1. The van der Waals surface area contributed by atoms with Gasteiger partial charge < -0.3 is 10.2 Å². The van der Waals surface area contributed by atoms with Crippen molar-refractivity contribution in [3.05, 3.63) is 59.7 Å². The minimum atomic E-state index is -0.186. The quantitative estimate of drug-likeness (QED) is 0.922. The third-order valence-corrected chi connectivity index (χ3v) is 4.05. The first-order chi connectivity index (χ1) is 11.2. The van der Waals surface area contributed by atoms with E-state index in [1.807, 2.05) is 17.0 Å². The van der Waals surface area contributed by atoms with Gasteiger partial charge in [0.15, 0.2) is 0 Å². The highest BCUT2D eigenvalue weighted by Gasteiger charge is 2.20. The number of pyridine rings is 1. The Morgan fingerprint density at radius 3 is 2.78 bits per heavy atom. The second-order valence-corrected chi connectivity index (χ2v) is 5.70. The molecule has 1 aromatic heterocycles. The second kappa shape index (κ2) is 7.22. The number of nitrogens with zero attached hydrogens (tertiary/aromatic N) is 2. The van der Waals surface area contributed by atoms with Gasteiger partial charge in [-0.2, -0.15) is 0 Å². The zero-order chi connectivity index (χ0) is 16.1. The van der Waals surface area contributed by atoms with E-state index in [0.29, 0.717) is 24.2 Å². The number of anilines is 1. The van der Waals surface area contributed by atoms with Crippen molar-refractivity contribution in [1.29, 1.82) is 0 Å². The molecule has 2 heterocycles. The van der Waals surface area contributed by atoms with Crippen molar-refractivity contribution in [1.82, 2.24) is 9.88 Å². The topological polar surface area (TPSA) is 45.2 Å². The lowest BCUT2D eigenvalue weighted by Gasteiger charge is -2.15. The number of carbonyl (C=O) groups excluding carboxylic acids is 1. The summed E-state index contributed by atoms with van der Waals surface area (Å²) < 4.78 is 13.6. The van der Waals surface area contributed by atoms with Crippen LogP contribution in [0.2, 0.25) is 0 Å². The number of likely N-dealkylation sites (tertiary alicyclic amines) is 1. The van der Waals surface area contributed by atoms with Crippen molar-refractivity contribution in [2.45, 2.75) is 19.3 Å². The Balaban J connectivity index is 1.59. The van der Waals surface area contributed by atoms with Gasteiger partial charge in [0.25, 0.3) is 5.91 Å². The molecule has 0 saturated carbocycles. The lowest BCUT2D eigenvalue weighted by molar-refractivity contribution is 0.0787. The molecule has 3 rings (SSSR count). The predicted molar refractivity (Wildman–Crippen MR) is 88.0 cm³/mol. The molecule has 4 nitrogen and oxygen atoms in total. The highest BCUT2D eigenvalue weighted by atomic mass is 19.1. The summed E-state index contributed by atoms with van der Waals surface area (Å²) in [5.41, 5.74) is 1.98. The van der Waals surface area contributed by atoms with E-state index in [4.69, 9.17) is 0 Å². The molecule has 23 heavy (non-hydrogen) atoms. The van der Waals surface area contributed by atoms with Crippen LogP contribution in [0.3, 0.4) is 0 Å². The minimum absolute atomic E-state index is 0.0137. The first-order valence-corrected chi connectivity index (χ1v) is 7.96. The van der Waals surface area contributed by atoms with Crippen LogP contribution in [0.5, 0.6) is 0 Å². The van der Waals surface area contributed by atoms with Gasteiger partial charge in [0.2, 0.25) is 0 Å². The normalized spacial score (nSPS) is 14.0. The molecule has 0 atom stereocenters. The van der Waals surface area contributed by atoms with Crippen LogP contribution in [-0.2, 0) is 6.42 Å². The molecule has 0 bridgehead atoms. The van der Waals surface area contributed by atoms with E-state index in [9.17, 15) is 9.18 Å².